The molecule has 1 saturated heterocycles. The number of aliphatic hydroxyl groups is 3. The maximum Gasteiger partial charge on any atom is 0.182 e. The first kappa shape index (κ1) is 7.90. The van der Waals surface area contributed by atoms with Crippen LogP contribution in [0.5, 0.6) is 0 Å². The molecule has 60 valence electrons. The molecule has 0 saturated carbocycles. The van der Waals surface area contributed by atoms with Gasteiger partial charge in [-0.1, -0.05) is 0 Å². The van der Waals surface area contributed by atoms with Gasteiger partial charge in [-0.05, 0) is 0 Å². The smallest absolute Gasteiger partial charge is 0.182 e. The van der Waals surface area contributed by atoms with Crippen LogP contribution in [0.4, 0.5) is 0 Å². The first-order valence-electron chi connectivity index (χ1n) is 3.05. The van der Waals surface area contributed by atoms with Gasteiger partial charge < -0.3 is 25.8 Å². The Kier molecular flexibility index (Phi) is 2.22. The van der Waals surface area contributed by atoms with Crippen LogP contribution in [-0.4, -0.2) is 46.5 Å². The summed E-state index contributed by atoms with van der Waals surface area (Å²) in [7, 11) is 0. The maximum absolute atomic E-state index is 8.96. The van der Waals surface area contributed by atoms with E-state index < -0.39 is 24.5 Å². The standard InChI is InChI=1S/C5H11NO4/c6-3-2(1-7)10-5(9)4(3)8/h2-5,7-9H,1,6H2/t2-,3+,4-,5+/m1/s1. The second-order valence-corrected chi connectivity index (χ2v) is 2.32. The molecule has 1 aliphatic rings. The van der Waals surface area contributed by atoms with E-state index in [0.717, 1.165) is 0 Å². The summed E-state index contributed by atoms with van der Waals surface area (Å²) in [5, 5.41) is 26.3. The van der Waals surface area contributed by atoms with Crippen LogP contribution in [0.1, 0.15) is 0 Å². The molecule has 1 aliphatic heterocycles. The van der Waals surface area contributed by atoms with E-state index in [0.29, 0.717) is 0 Å². The molecular weight excluding hydrogens is 138 g/mol. The number of nitrogens with two attached hydrogens (primary N) is 1. The molecule has 0 unspecified atom stereocenters. The van der Waals surface area contributed by atoms with Crippen molar-refractivity contribution in [3.05, 3.63) is 0 Å². The van der Waals surface area contributed by atoms with Gasteiger partial charge in [0.1, 0.15) is 12.2 Å². The fourth-order valence-electron chi connectivity index (χ4n) is 0.925. The molecule has 0 radical (unpaired) electrons. The van der Waals surface area contributed by atoms with Crippen LogP contribution in [0, 0.1) is 0 Å². The topological polar surface area (TPSA) is 95.9 Å². The van der Waals surface area contributed by atoms with Gasteiger partial charge in [0, 0.05) is 0 Å². The van der Waals surface area contributed by atoms with E-state index in [2.05, 4.69) is 4.74 Å². The molecule has 1 heterocycles. The quantitative estimate of drug-likeness (QED) is 0.327. The molecule has 1 fully saturated rings. The zero-order valence-electron chi connectivity index (χ0n) is 5.34. The van der Waals surface area contributed by atoms with E-state index in [4.69, 9.17) is 21.1 Å². The van der Waals surface area contributed by atoms with Gasteiger partial charge in [-0.3, -0.25) is 0 Å². The number of hydrogen-bond donors (Lipinski definition) is 4. The largest absolute Gasteiger partial charge is 0.394 e. The third kappa shape index (κ3) is 1.14. The molecule has 0 spiro atoms. The fraction of sp³-hybridized carbons (Fsp3) is 1.00. The number of rotatable bonds is 1. The molecule has 0 bridgehead atoms. The van der Waals surface area contributed by atoms with Crippen molar-refractivity contribution in [2.24, 2.45) is 5.73 Å². The van der Waals surface area contributed by atoms with Crippen molar-refractivity contribution in [3.8, 4) is 0 Å². The predicted octanol–water partition coefficient (Wildman–Crippen LogP) is -2.62. The Morgan fingerprint density at radius 2 is 2.00 bits per heavy atom. The van der Waals surface area contributed by atoms with Gasteiger partial charge in [0.05, 0.1) is 12.6 Å². The van der Waals surface area contributed by atoms with E-state index in [-0.39, 0.29) is 6.61 Å². The molecule has 1 rings (SSSR count). The highest BCUT2D eigenvalue weighted by atomic mass is 16.6. The second kappa shape index (κ2) is 2.81. The fourth-order valence-corrected chi connectivity index (χ4v) is 0.925. The summed E-state index contributed by atoms with van der Waals surface area (Å²) >= 11 is 0. The molecule has 4 atom stereocenters. The van der Waals surface area contributed by atoms with Crippen molar-refractivity contribution in [1.29, 1.82) is 0 Å². The third-order valence-corrected chi connectivity index (χ3v) is 1.61. The number of ether oxygens (including phenoxy) is 1. The Morgan fingerprint density at radius 1 is 1.40 bits per heavy atom. The van der Waals surface area contributed by atoms with Crippen LogP contribution in [0.25, 0.3) is 0 Å². The molecule has 5 heteroatoms. The van der Waals surface area contributed by atoms with E-state index >= 15 is 0 Å². The lowest BCUT2D eigenvalue weighted by molar-refractivity contribution is -0.132. The summed E-state index contributed by atoms with van der Waals surface area (Å²) in [4.78, 5) is 0. The predicted molar refractivity (Wildman–Crippen MR) is 31.9 cm³/mol. The van der Waals surface area contributed by atoms with Crippen LogP contribution < -0.4 is 5.73 Å². The Hall–Kier alpha value is -0.200. The lowest BCUT2D eigenvalue weighted by Gasteiger charge is -2.10. The number of hydrogen-bond acceptors (Lipinski definition) is 5. The molecule has 5 N–H and O–H groups in total. The van der Waals surface area contributed by atoms with Crippen LogP contribution in [0.3, 0.4) is 0 Å². The van der Waals surface area contributed by atoms with Crippen molar-refractivity contribution in [1.82, 2.24) is 0 Å². The highest BCUT2D eigenvalue weighted by Gasteiger charge is 2.39. The van der Waals surface area contributed by atoms with Crippen molar-refractivity contribution >= 4 is 0 Å². The Balaban J connectivity index is 2.53. The zero-order valence-corrected chi connectivity index (χ0v) is 5.34. The Labute approximate surface area is 58.0 Å². The van der Waals surface area contributed by atoms with E-state index in [1.54, 1.807) is 0 Å². The van der Waals surface area contributed by atoms with E-state index in [1.807, 2.05) is 0 Å². The van der Waals surface area contributed by atoms with Gasteiger partial charge in [-0.15, -0.1) is 0 Å². The van der Waals surface area contributed by atoms with Crippen LogP contribution in [-0.2, 0) is 4.74 Å². The number of aliphatic hydroxyl groups excluding tert-OH is 3. The summed E-state index contributed by atoms with van der Waals surface area (Å²) in [5.74, 6) is 0. The summed E-state index contributed by atoms with van der Waals surface area (Å²) in [5.41, 5.74) is 5.33. The molecule has 0 aromatic carbocycles. The average Bonchev–Trinajstić information content (AvgIpc) is 2.17. The van der Waals surface area contributed by atoms with Crippen molar-refractivity contribution in [2.45, 2.75) is 24.5 Å². The highest BCUT2D eigenvalue weighted by molar-refractivity contribution is 4.88. The lowest BCUT2D eigenvalue weighted by Crippen LogP contribution is -2.41. The minimum Gasteiger partial charge on any atom is -0.394 e. The lowest BCUT2D eigenvalue weighted by atomic mass is 10.1. The minimum atomic E-state index is -1.26. The van der Waals surface area contributed by atoms with E-state index in [9.17, 15) is 0 Å². The highest BCUT2D eigenvalue weighted by Crippen LogP contribution is 2.16. The summed E-state index contributed by atoms with van der Waals surface area (Å²) in [6, 6.07) is -0.694. The molecule has 5 nitrogen and oxygen atoms in total. The molecule has 0 aromatic heterocycles. The van der Waals surface area contributed by atoms with E-state index in [1.165, 1.54) is 0 Å². The normalized spacial score (nSPS) is 48.0. The van der Waals surface area contributed by atoms with Gasteiger partial charge in [0.15, 0.2) is 6.29 Å². The first-order valence-corrected chi connectivity index (χ1v) is 3.05. The zero-order chi connectivity index (χ0) is 7.72. The van der Waals surface area contributed by atoms with Gasteiger partial charge in [0.2, 0.25) is 0 Å². The van der Waals surface area contributed by atoms with Gasteiger partial charge in [-0.2, -0.15) is 0 Å². The van der Waals surface area contributed by atoms with Crippen molar-refractivity contribution in [2.75, 3.05) is 6.61 Å². The molecule has 0 aliphatic carbocycles. The first-order chi connectivity index (χ1) is 4.66. The maximum atomic E-state index is 8.96. The summed E-state index contributed by atoms with van der Waals surface area (Å²) in [6.45, 7) is -0.282. The van der Waals surface area contributed by atoms with Crippen LogP contribution in [0.2, 0.25) is 0 Å². The van der Waals surface area contributed by atoms with Crippen molar-refractivity contribution < 1.29 is 20.1 Å². The van der Waals surface area contributed by atoms with Crippen molar-refractivity contribution in [3.63, 3.8) is 0 Å². The molecule has 10 heavy (non-hydrogen) atoms. The van der Waals surface area contributed by atoms with Gasteiger partial charge >= 0.3 is 0 Å². The Morgan fingerprint density at radius 3 is 2.20 bits per heavy atom. The monoisotopic (exact) mass is 149 g/mol. The molecule has 0 aromatic rings. The third-order valence-electron chi connectivity index (χ3n) is 1.61. The van der Waals surface area contributed by atoms with Crippen LogP contribution in [0.15, 0.2) is 0 Å². The average molecular weight is 149 g/mol. The summed E-state index contributed by atoms with van der Waals surface area (Å²) in [6.07, 6.45) is -2.99. The van der Waals surface area contributed by atoms with Gasteiger partial charge in [0.25, 0.3) is 0 Å². The minimum absolute atomic E-state index is 0.282. The molecular formula is C5H11NO4. The van der Waals surface area contributed by atoms with Crippen LogP contribution >= 0.6 is 0 Å². The Bertz CT molecular complexity index is 120. The SMILES string of the molecule is N[C@@H]1[C@@H](O)[C@@H](O)O[C@@H]1CO. The van der Waals surface area contributed by atoms with Gasteiger partial charge in [-0.25, -0.2) is 0 Å². The molecule has 0 amide bonds. The second-order valence-electron chi connectivity index (χ2n) is 2.32. The summed E-state index contributed by atoms with van der Waals surface area (Å²) < 4.78 is 4.67.